The Kier molecular flexibility index (Phi) is 4.82. The third-order valence-electron chi connectivity index (χ3n) is 4.13. The number of nitrogens with zero attached hydrogens (tertiary/aromatic N) is 4. The molecule has 2 heterocycles. The number of carbonyl (C=O) groups excluding carboxylic acids is 1. The van der Waals surface area contributed by atoms with Gasteiger partial charge in [-0.05, 0) is 31.2 Å². The van der Waals surface area contributed by atoms with Crippen LogP contribution in [0.4, 0.5) is 4.39 Å². The molecule has 0 aliphatic rings. The standard InChI is InChI=1S/C17H17FN4O3S/c1-4-22-15(24)13-14(21(3)17(22)25)19-16(20(13)2)26-9-12(23)10-5-7-11(18)8-6-10/h5-8H,4,9H2,1-3H3. The molecule has 2 aromatic heterocycles. The van der Waals surface area contributed by atoms with Crippen LogP contribution in [0.2, 0.25) is 0 Å². The molecule has 0 unspecified atom stereocenters. The van der Waals surface area contributed by atoms with E-state index in [0.717, 1.165) is 16.3 Å². The van der Waals surface area contributed by atoms with Gasteiger partial charge in [-0.2, -0.15) is 0 Å². The van der Waals surface area contributed by atoms with Crippen LogP contribution in [0.3, 0.4) is 0 Å². The number of Topliss-reactive ketones (excluding diaryl/α,β-unsaturated/α-hetero) is 1. The molecule has 0 saturated carbocycles. The maximum absolute atomic E-state index is 13.0. The summed E-state index contributed by atoms with van der Waals surface area (Å²) in [6, 6.07) is 5.32. The van der Waals surface area contributed by atoms with Crippen LogP contribution in [0.15, 0.2) is 39.0 Å². The fourth-order valence-corrected chi connectivity index (χ4v) is 3.54. The molecule has 0 aliphatic heterocycles. The first kappa shape index (κ1) is 18.1. The van der Waals surface area contributed by atoms with Crippen LogP contribution in [-0.2, 0) is 20.6 Å². The summed E-state index contributed by atoms with van der Waals surface area (Å²) in [5.74, 6) is -0.502. The van der Waals surface area contributed by atoms with E-state index in [4.69, 9.17) is 0 Å². The normalized spacial score (nSPS) is 11.2. The lowest BCUT2D eigenvalue weighted by molar-refractivity contribution is 0.102. The lowest BCUT2D eigenvalue weighted by Crippen LogP contribution is -2.39. The summed E-state index contributed by atoms with van der Waals surface area (Å²) >= 11 is 1.16. The molecule has 0 spiro atoms. The summed E-state index contributed by atoms with van der Waals surface area (Å²) in [7, 11) is 3.23. The Hall–Kier alpha value is -2.68. The first-order valence-corrected chi connectivity index (χ1v) is 8.91. The number of fused-ring (bicyclic) bond motifs is 1. The van der Waals surface area contributed by atoms with E-state index in [1.807, 2.05) is 0 Å². The van der Waals surface area contributed by atoms with Gasteiger partial charge in [0, 0.05) is 26.2 Å². The van der Waals surface area contributed by atoms with Crippen molar-refractivity contribution in [3.8, 4) is 0 Å². The van der Waals surface area contributed by atoms with Crippen LogP contribution in [0.5, 0.6) is 0 Å². The molecule has 0 radical (unpaired) electrons. The van der Waals surface area contributed by atoms with Crippen molar-refractivity contribution < 1.29 is 9.18 Å². The van der Waals surface area contributed by atoms with Crippen molar-refractivity contribution in [2.24, 2.45) is 14.1 Å². The Bertz CT molecular complexity index is 1110. The number of thioether (sulfide) groups is 1. The molecule has 0 aliphatic carbocycles. The molecule has 0 N–H and O–H groups in total. The van der Waals surface area contributed by atoms with Crippen LogP contribution in [-0.4, -0.2) is 30.2 Å². The van der Waals surface area contributed by atoms with Crippen molar-refractivity contribution in [3.63, 3.8) is 0 Å². The molecule has 9 heteroatoms. The van der Waals surface area contributed by atoms with Crippen molar-refractivity contribution in [3.05, 3.63) is 56.5 Å². The number of carbonyl (C=O) groups is 1. The molecule has 1 aromatic carbocycles. The number of hydrogen-bond donors (Lipinski definition) is 0. The lowest BCUT2D eigenvalue weighted by atomic mass is 10.1. The molecule has 0 saturated heterocycles. The van der Waals surface area contributed by atoms with Gasteiger partial charge in [-0.25, -0.2) is 14.2 Å². The molecule has 7 nitrogen and oxygen atoms in total. The average molecular weight is 376 g/mol. The molecule has 0 atom stereocenters. The minimum absolute atomic E-state index is 0.0821. The highest BCUT2D eigenvalue weighted by molar-refractivity contribution is 7.99. The van der Waals surface area contributed by atoms with Gasteiger partial charge in [0.1, 0.15) is 5.82 Å². The fraction of sp³-hybridized carbons (Fsp3) is 0.294. The van der Waals surface area contributed by atoms with E-state index in [1.165, 1.54) is 28.8 Å². The van der Waals surface area contributed by atoms with Gasteiger partial charge in [0.05, 0.1) is 5.75 Å². The van der Waals surface area contributed by atoms with E-state index in [1.54, 1.807) is 25.6 Å². The van der Waals surface area contributed by atoms with Crippen molar-refractivity contribution in [2.75, 3.05) is 5.75 Å². The number of imidazole rings is 1. The van der Waals surface area contributed by atoms with Crippen LogP contribution in [0.1, 0.15) is 17.3 Å². The number of benzene rings is 1. The second-order valence-electron chi connectivity index (χ2n) is 5.74. The highest BCUT2D eigenvalue weighted by Crippen LogP contribution is 2.21. The highest BCUT2D eigenvalue weighted by Gasteiger charge is 2.19. The summed E-state index contributed by atoms with van der Waals surface area (Å²) in [4.78, 5) is 41.3. The molecule has 0 bridgehead atoms. The SMILES string of the molecule is CCn1c(=O)c2c(nc(SCC(=O)c3ccc(F)cc3)n2C)n(C)c1=O. The number of aryl methyl sites for hydroxylation is 2. The zero-order chi connectivity index (χ0) is 19.0. The smallest absolute Gasteiger partial charge is 0.316 e. The van der Waals surface area contributed by atoms with Crippen molar-refractivity contribution >= 4 is 28.7 Å². The highest BCUT2D eigenvalue weighted by atomic mass is 32.2. The summed E-state index contributed by atoms with van der Waals surface area (Å²) in [5, 5.41) is 0.455. The summed E-state index contributed by atoms with van der Waals surface area (Å²) in [6.45, 7) is 1.99. The van der Waals surface area contributed by atoms with Gasteiger partial charge in [-0.15, -0.1) is 0 Å². The Labute approximate surface area is 152 Å². The molecule has 3 rings (SSSR count). The number of aromatic nitrogens is 4. The number of halogens is 1. The maximum Gasteiger partial charge on any atom is 0.332 e. The Balaban J connectivity index is 1.95. The van der Waals surface area contributed by atoms with Crippen molar-refractivity contribution in [1.29, 1.82) is 0 Å². The third-order valence-corrected chi connectivity index (χ3v) is 5.16. The van der Waals surface area contributed by atoms with E-state index in [0.29, 0.717) is 16.2 Å². The van der Waals surface area contributed by atoms with E-state index in [-0.39, 0.29) is 23.7 Å². The lowest BCUT2D eigenvalue weighted by Gasteiger charge is -2.05. The maximum atomic E-state index is 13.0. The van der Waals surface area contributed by atoms with Gasteiger partial charge in [0.2, 0.25) is 0 Å². The molecule has 0 fully saturated rings. The minimum atomic E-state index is -0.429. The van der Waals surface area contributed by atoms with Crippen LogP contribution in [0, 0.1) is 5.82 Å². The van der Waals surface area contributed by atoms with Gasteiger partial charge in [0.25, 0.3) is 5.56 Å². The van der Waals surface area contributed by atoms with Gasteiger partial charge in [0.15, 0.2) is 22.1 Å². The van der Waals surface area contributed by atoms with Crippen LogP contribution < -0.4 is 11.2 Å². The topological polar surface area (TPSA) is 78.9 Å². The molecule has 136 valence electrons. The minimum Gasteiger partial charge on any atom is -0.316 e. The predicted molar refractivity (Wildman–Crippen MR) is 97.3 cm³/mol. The first-order valence-electron chi connectivity index (χ1n) is 7.93. The van der Waals surface area contributed by atoms with E-state index >= 15 is 0 Å². The molecular formula is C17H17FN4O3S. The zero-order valence-electron chi connectivity index (χ0n) is 14.5. The average Bonchev–Trinajstić information content (AvgIpc) is 2.96. The summed E-state index contributed by atoms with van der Waals surface area (Å²) in [6.07, 6.45) is 0. The quantitative estimate of drug-likeness (QED) is 0.499. The molecular weight excluding hydrogens is 359 g/mol. The summed E-state index contributed by atoms with van der Waals surface area (Å²) < 4.78 is 17.0. The second-order valence-corrected chi connectivity index (χ2v) is 6.68. The third kappa shape index (κ3) is 2.98. The fourth-order valence-electron chi connectivity index (χ4n) is 2.68. The Morgan fingerprint density at radius 2 is 1.81 bits per heavy atom. The van der Waals surface area contributed by atoms with Crippen molar-refractivity contribution in [2.45, 2.75) is 18.6 Å². The predicted octanol–water partition coefficient (Wildman–Crippen LogP) is 1.57. The first-order chi connectivity index (χ1) is 12.3. The number of hydrogen-bond acceptors (Lipinski definition) is 5. The van der Waals surface area contributed by atoms with Crippen LogP contribution >= 0.6 is 11.8 Å². The number of rotatable bonds is 5. The van der Waals surface area contributed by atoms with E-state index in [9.17, 15) is 18.8 Å². The summed E-state index contributed by atoms with van der Waals surface area (Å²) in [5.41, 5.74) is 0.160. The van der Waals surface area contributed by atoms with E-state index < -0.39 is 17.1 Å². The van der Waals surface area contributed by atoms with Gasteiger partial charge >= 0.3 is 5.69 Å². The molecule has 26 heavy (non-hydrogen) atoms. The molecule has 3 aromatic rings. The van der Waals surface area contributed by atoms with Gasteiger partial charge in [-0.3, -0.25) is 18.7 Å². The van der Waals surface area contributed by atoms with Crippen LogP contribution in [0.25, 0.3) is 11.2 Å². The Morgan fingerprint density at radius 3 is 2.42 bits per heavy atom. The van der Waals surface area contributed by atoms with Crippen molar-refractivity contribution in [1.82, 2.24) is 18.7 Å². The van der Waals surface area contributed by atoms with Gasteiger partial charge < -0.3 is 4.57 Å². The number of ketones is 1. The largest absolute Gasteiger partial charge is 0.332 e. The molecule has 0 amide bonds. The second kappa shape index (κ2) is 6.91. The zero-order valence-corrected chi connectivity index (χ0v) is 15.3. The van der Waals surface area contributed by atoms with Gasteiger partial charge in [-0.1, -0.05) is 11.8 Å². The Morgan fingerprint density at radius 1 is 1.15 bits per heavy atom. The monoisotopic (exact) mass is 376 g/mol. The van der Waals surface area contributed by atoms with E-state index in [2.05, 4.69) is 4.98 Å².